The predicted octanol–water partition coefficient (Wildman–Crippen LogP) is 2.19. The summed E-state index contributed by atoms with van der Waals surface area (Å²) in [5.74, 6) is 0. The first-order chi connectivity index (χ1) is 9.81. The Balaban J connectivity index is 1.88. The summed E-state index contributed by atoms with van der Waals surface area (Å²) in [4.78, 5) is 7.15. The van der Waals surface area contributed by atoms with Crippen molar-refractivity contribution >= 4 is 0 Å². The van der Waals surface area contributed by atoms with Crippen molar-refractivity contribution < 1.29 is 4.74 Å². The van der Waals surface area contributed by atoms with Gasteiger partial charge in [-0.25, -0.2) is 0 Å². The minimum atomic E-state index is 0.417. The summed E-state index contributed by atoms with van der Waals surface area (Å²) in [5.41, 5.74) is 2.28. The summed E-state index contributed by atoms with van der Waals surface area (Å²) < 4.78 is 5.73. The van der Waals surface area contributed by atoms with Crippen molar-refractivity contribution in [2.75, 3.05) is 26.2 Å². The van der Waals surface area contributed by atoms with E-state index in [0.717, 1.165) is 50.7 Å². The Morgan fingerprint density at radius 2 is 2.20 bits per heavy atom. The third-order valence-corrected chi connectivity index (χ3v) is 3.74. The van der Waals surface area contributed by atoms with Crippen molar-refractivity contribution in [1.82, 2.24) is 15.2 Å². The average molecular weight is 277 g/mol. The number of likely N-dealkylation sites (N-methyl/N-ethyl adjacent to an activating group) is 1. The van der Waals surface area contributed by atoms with Gasteiger partial charge < -0.3 is 10.1 Å². The second-order valence-electron chi connectivity index (χ2n) is 5.36. The summed E-state index contributed by atoms with van der Waals surface area (Å²) in [5, 5.41) is 3.32. The first-order valence-corrected chi connectivity index (χ1v) is 7.81. The molecule has 0 saturated carbocycles. The Hall–Kier alpha value is -0.970. The molecule has 1 atom stereocenters. The molecule has 1 N–H and O–H groups in total. The van der Waals surface area contributed by atoms with E-state index < -0.39 is 0 Å². The Kier molecular flexibility index (Phi) is 6.43. The lowest BCUT2D eigenvalue weighted by Crippen LogP contribution is -2.32. The second kappa shape index (κ2) is 8.35. The number of hydrogen-bond donors (Lipinski definition) is 1. The van der Waals surface area contributed by atoms with Gasteiger partial charge in [-0.1, -0.05) is 19.9 Å². The molecule has 1 fully saturated rings. The van der Waals surface area contributed by atoms with Gasteiger partial charge in [0.1, 0.15) is 0 Å². The molecule has 4 heteroatoms. The molecule has 0 aromatic carbocycles. The third-order valence-electron chi connectivity index (χ3n) is 3.74. The highest BCUT2D eigenvalue weighted by atomic mass is 16.5. The summed E-state index contributed by atoms with van der Waals surface area (Å²) in [6.45, 7) is 10.1. The van der Waals surface area contributed by atoms with E-state index in [4.69, 9.17) is 9.72 Å². The van der Waals surface area contributed by atoms with Crippen LogP contribution in [0.2, 0.25) is 0 Å². The summed E-state index contributed by atoms with van der Waals surface area (Å²) >= 11 is 0. The Bertz CT molecular complexity index is 391. The zero-order chi connectivity index (χ0) is 14.2. The van der Waals surface area contributed by atoms with Crippen LogP contribution < -0.4 is 5.32 Å². The maximum Gasteiger partial charge on any atom is 0.0702 e. The van der Waals surface area contributed by atoms with Crippen LogP contribution >= 0.6 is 0 Å². The van der Waals surface area contributed by atoms with Gasteiger partial charge in [-0.15, -0.1) is 0 Å². The zero-order valence-corrected chi connectivity index (χ0v) is 12.8. The molecule has 0 bridgehead atoms. The van der Waals surface area contributed by atoms with Crippen LogP contribution in [0, 0.1) is 0 Å². The molecule has 1 saturated heterocycles. The molecule has 112 valence electrons. The molecule has 1 unspecified atom stereocenters. The van der Waals surface area contributed by atoms with Gasteiger partial charge in [-0.2, -0.15) is 0 Å². The molecule has 2 heterocycles. The Morgan fingerprint density at radius 1 is 1.35 bits per heavy atom. The fourth-order valence-corrected chi connectivity index (χ4v) is 2.58. The first-order valence-electron chi connectivity index (χ1n) is 7.81. The summed E-state index contributed by atoms with van der Waals surface area (Å²) in [7, 11) is 0. The van der Waals surface area contributed by atoms with Crippen LogP contribution in [0.15, 0.2) is 18.2 Å². The SMILES string of the molecule is CCNCc1cccc(CN(CC)CC2CCCO2)n1. The summed E-state index contributed by atoms with van der Waals surface area (Å²) in [6, 6.07) is 6.31. The van der Waals surface area contributed by atoms with Gasteiger partial charge in [0, 0.05) is 26.2 Å². The van der Waals surface area contributed by atoms with Crippen LogP contribution in [0.5, 0.6) is 0 Å². The Labute approximate surface area is 122 Å². The molecule has 2 rings (SSSR count). The lowest BCUT2D eigenvalue weighted by atomic mass is 10.2. The van der Waals surface area contributed by atoms with E-state index in [1.807, 2.05) is 0 Å². The van der Waals surface area contributed by atoms with E-state index in [1.165, 1.54) is 12.8 Å². The van der Waals surface area contributed by atoms with Gasteiger partial charge in [0.2, 0.25) is 0 Å². The van der Waals surface area contributed by atoms with Crippen LogP contribution in [-0.4, -0.2) is 42.2 Å². The number of rotatable bonds is 8. The van der Waals surface area contributed by atoms with Crippen LogP contribution in [0.1, 0.15) is 38.1 Å². The van der Waals surface area contributed by atoms with Crippen molar-refractivity contribution in [3.8, 4) is 0 Å². The zero-order valence-electron chi connectivity index (χ0n) is 12.8. The standard InChI is InChI=1S/C16H27N3O/c1-3-17-11-14-7-5-8-15(18-14)12-19(4-2)13-16-9-6-10-20-16/h5,7-8,16-17H,3-4,6,9-13H2,1-2H3. The van der Waals surface area contributed by atoms with Crippen molar-refractivity contribution in [3.63, 3.8) is 0 Å². The Morgan fingerprint density at radius 3 is 2.90 bits per heavy atom. The number of nitrogens with zero attached hydrogens (tertiary/aromatic N) is 2. The number of pyridine rings is 1. The van der Waals surface area contributed by atoms with E-state index in [9.17, 15) is 0 Å². The lowest BCUT2D eigenvalue weighted by molar-refractivity contribution is 0.0721. The van der Waals surface area contributed by atoms with Crippen LogP contribution in [0.3, 0.4) is 0 Å². The molecule has 0 radical (unpaired) electrons. The van der Waals surface area contributed by atoms with Crippen LogP contribution in [-0.2, 0) is 17.8 Å². The number of nitrogens with one attached hydrogen (secondary N) is 1. The average Bonchev–Trinajstić information content (AvgIpc) is 2.98. The monoisotopic (exact) mass is 277 g/mol. The fourth-order valence-electron chi connectivity index (χ4n) is 2.58. The molecule has 0 amide bonds. The first kappa shape index (κ1) is 15.4. The largest absolute Gasteiger partial charge is 0.377 e. The highest BCUT2D eigenvalue weighted by Crippen LogP contribution is 2.14. The molecule has 4 nitrogen and oxygen atoms in total. The topological polar surface area (TPSA) is 37.4 Å². The highest BCUT2D eigenvalue weighted by molar-refractivity contribution is 5.11. The van der Waals surface area contributed by atoms with Crippen LogP contribution in [0.4, 0.5) is 0 Å². The normalized spacial score (nSPS) is 18.9. The second-order valence-corrected chi connectivity index (χ2v) is 5.36. The quantitative estimate of drug-likeness (QED) is 0.790. The van der Waals surface area contributed by atoms with Crippen LogP contribution in [0.25, 0.3) is 0 Å². The van der Waals surface area contributed by atoms with Gasteiger partial charge >= 0.3 is 0 Å². The molecule has 0 aliphatic carbocycles. The van der Waals surface area contributed by atoms with Gasteiger partial charge in [-0.3, -0.25) is 9.88 Å². The molecule has 1 aromatic heterocycles. The smallest absolute Gasteiger partial charge is 0.0702 e. The van der Waals surface area contributed by atoms with Crippen molar-refractivity contribution in [3.05, 3.63) is 29.6 Å². The predicted molar refractivity (Wildman–Crippen MR) is 81.5 cm³/mol. The fraction of sp³-hybridized carbons (Fsp3) is 0.688. The molecular weight excluding hydrogens is 250 g/mol. The van der Waals surface area contributed by atoms with Crippen molar-refractivity contribution in [2.45, 2.75) is 45.9 Å². The van der Waals surface area contributed by atoms with Crippen molar-refractivity contribution in [2.24, 2.45) is 0 Å². The van der Waals surface area contributed by atoms with E-state index in [2.05, 4.69) is 42.3 Å². The molecule has 1 aliphatic heterocycles. The van der Waals surface area contributed by atoms with Gasteiger partial charge in [0.05, 0.1) is 17.5 Å². The summed E-state index contributed by atoms with van der Waals surface area (Å²) in [6.07, 6.45) is 2.82. The highest BCUT2D eigenvalue weighted by Gasteiger charge is 2.18. The molecule has 0 spiro atoms. The number of hydrogen-bond acceptors (Lipinski definition) is 4. The maximum atomic E-state index is 5.73. The van der Waals surface area contributed by atoms with Crippen molar-refractivity contribution in [1.29, 1.82) is 0 Å². The number of aromatic nitrogens is 1. The molecule has 1 aromatic rings. The molecule has 1 aliphatic rings. The third kappa shape index (κ3) is 4.85. The van der Waals surface area contributed by atoms with Gasteiger partial charge in [-0.05, 0) is 38.1 Å². The lowest BCUT2D eigenvalue weighted by Gasteiger charge is -2.23. The van der Waals surface area contributed by atoms with E-state index in [0.29, 0.717) is 6.10 Å². The minimum absolute atomic E-state index is 0.417. The maximum absolute atomic E-state index is 5.73. The molecular formula is C16H27N3O. The van der Waals surface area contributed by atoms with E-state index >= 15 is 0 Å². The van der Waals surface area contributed by atoms with Gasteiger partial charge in [0.15, 0.2) is 0 Å². The van der Waals surface area contributed by atoms with E-state index in [1.54, 1.807) is 0 Å². The number of ether oxygens (including phenoxy) is 1. The van der Waals surface area contributed by atoms with Gasteiger partial charge in [0.25, 0.3) is 0 Å². The molecule has 20 heavy (non-hydrogen) atoms. The minimum Gasteiger partial charge on any atom is -0.377 e. The van der Waals surface area contributed by atoms with E-state index in [-0.39, 0.29) is 0 Å².